The third-order valence-corrected chi connectivity index (χ3v) is 2.16. The van der Waals surface area contributed by atoms with Crippen LogP contribution in [0.2, 0.25) is 0 Å². The molecule has 0 aliphatic carbocycles. The molecule has 2 N–H and O–H groups in total. The highest BCUT2D eigenvalue weighted by atomic mass is 16.6. The number of carbonyl (C=O) groups is 2. The van der Waals surface area contributed by atoms with Crippen LogP contribution in [0.5, 0.6) is 5.75 Å². The number of aromatic nitrogens is 1. The van der Waals surface area contributed by atoms with E-state index in [0.29, 0.717) is 5.75 Å². The van der Waals surface area contributed by atoms with Crippen molar-refractivity contribution in [2.75, 3.05) is 19.5 Å². The second-order valence-corrected chi connectivity index (χ2v) is 4.95. The van der Waals surface area contributed by atoms with Crippen LogP contribution in [-0.4, -0.2) is 36.7 Å². The number of hydrogen-bond donors (Lipinski definition) is 2. The molecule has 1 heterocycles. The standard InChI is InChI=1S/C13H19N3O4/c1-13(2,3)20-12(18)16-10-9(19-5)7-6-8(15-10)11(17)14-4/h6-7H,1-5H3,(H,14,17)(H,15,16,18). The van der Waals surface area contributed by atoms with Gasteiger partial charge in [-0.1, -0.05) is 0 Å². The molecule has 0 bridgehead atoms. The van der Waals surface area contributed by atoms with Gasteiger partial charge in [0.2, 0.25) is 0 Å². The predicted molar refractivity (Wildman–Crippen MR) is 74.0 cm³/mol. The number of ether oxygens (including phenoxy) is 2. The lowest BCUT2D eigenvalue weighted by Crippen LogP contribution is -2.28. The quantitative estimate of drug-likeness (QED) is 0.881. The summed E-state index contributed by atoms with van der Waals surface area (Å²) < 4.78 is 10.2. The Morgan fingerprint density at radius 1 is 1.25 bits per heavy atom. The molecule has 7 nitrogen and oxygen atoms in total. The molecule has 0 unspecified atom stereocenters. The topological polar surface area (TPSA) is 89.6 Å². The zero-order valence-electron chi connectivity index (χ0n) is 12.2. The number of methoxy groups -OCH3 is 1. The minimum absolute atomic E-state index is 0.128. The summed E-state index contributed by atoms with van der Waals surface area (Å²) >= 11 is 0. The van der Waals surface area contributed by atoms with Gasteiger partial charge in [-0.15, -0.1) is 0 Å². The Morgan fingerprint density at radius 2 is 1.90 bits per heavy atom. The van der Waals surface area contributed by atoms with E-state index in [9.17, 15) is 9.59 Å². The van der Waals surface area contributed by atoms with Crippen molar-refractivity contribution < 1.29 is 19.1 Å². The molecule has 0 aromatic carbocycles. The molecule has 110 valence electrons. The number of nitrogens with one attached hydrogen (secondary N) is 2. The Bertz CT molecular complexity index is 509. The number of pyridine rings is 1. The summed E-state index contributed by atoms with van der Waals surface area (Å²) in [6.45, 7) is 5.24. The number of nitrogens with zero attached hydrogens (tertiary/aromatic N) is 1. The molecule has 0 fully saturated rings. The van der Waals surface area contributed by atoms with Crippen LogP contribution < -0.4 is 15.4 Å². The second-order valence-electron chi connectivity index (χ2n) is 4.95. The summed E-state index contributed by atoms with van der Waals surface area (Å²) in [6, 6.07) is 3.04. The SMILES string of the molecule is CNC(=O)c1ccc(OC)c(NC(=O)OC(C)(C)C)n1. The van der Waals surface area contributed by atoms with E-state index in [1.165, 1.54) is 20.2 Å². The van der Waals surface area contributed by atoms with Crippen LogP contribution >= 0.6 is 0 Å². The fourth-order valence-electron chi connectivity index (χ4n) is 1.36. The zero-order valence-corrected chi connectivity index (χ0v) is 12.2. The molecule has 7 heteroatoms. The normalized spacial score (nSPS) is 10.7. The Kier molecular flexibility index (Phi) is 4.90. The molecule has 0 radical (unpaired) electrons. The minimum Gasteiger partial charge on any atom is -0.493 e. The molecule has 0 saturated carbocycles. The smallest absolute Gasteiger partial charge is 0.413 e. The highest BCUT2D eigenvalue weighted by Gasteiger charge is 2.19. The van der Waals surface area contributed by atoms with Gasteiger partial charge in [-0.25, -0.2) is 9.78 Å². The van der Waals surface area contributed by atoms with E-state index < -0.39 is 11.7 Å². The second kappa shape index (κ2) is 6.23. The third-order valence-electron chi connectivity index (χ3n) is 2.16. The molecule has 1 aromatic heterocycles. The van der Waals surface area contributed by atoms with Crippen molar-refractivity contribution in [3.8, 4) is 5.75 Å². The first-order valence-electron chi connectivity index (χ1n) is 6.04. The summed E-state index contributed by atoms with van der Waals surface area (Å²) in [4.78, 5) is 27.3. The lowest BCUT2D eigenvalue weighted by atomic mass is 10.2. The fourth-order valence-corrected chi connectivity index (χ4v) is 1.36. The lowest BCUT2D eigenvalue weighted by Gasteiger charge is -2.20. The van der Waals surface area contributed by atoms with Crippen molar-refractivity contribution in [1.82, 2.24) is 10.3 Å². The first-order valence-corrected chi connectivity index (χ1v) is 6.04. The summed E-state index contributed by atoms with van der Waals surface area (Å²) in [6.07, 6.45) is -0.669. The van der Waals surface area contributed by atoms with E-state index in [1.807, 2.05) is 0 Å². The van der Waals surface area contributed by atoms with Gasteiger partial charge in [-0.05, 0) is 32.9 Å². The van der Waals surface area contributed by atoms with Gasteiger partial charge >= 0.3 is 6.09 Å². The van der Waals surface area contributed by atoms with Crippen molar-refractivity contribution in [2.45, 2.75) is 26.4 Å². The number of anilines is 1. The van der Waals surface area contributed by atoms with Crippen LogP contribution in [0.3, 0.4) is 0 Å². The van der Waals surface area contributed by atoms with E-state index >= 15 is 0 Å². The molecule has 2 amide bonds. The average Bonchev–Trinajstić information content (AvgIpc) is 2.35. The highest BCUT2D eigenvalue weighted by Crippen LogP contribution is 2.22. The maximum absolute atomic E-state index is 11.7. The van der Waals surface area contributed by atoms with Crippen molar-refractivity contribution in [2.24, 2.45) is 0 Å². The average molecular weight is 281 g/mol. The van der Waals surface area contributed by atoms with Gasteiger partial charge in [-0.3, -0.25) is 10.1 Å². The number of amides is 2. The Balaban J connectivity index is 2.97. The predicted octanol–water partition coefficient (Wildman–Crippen LogP) is 1.80. The monoisotopic (exact) mass is 281 g/mol. The number of hydrogen-bond acceptors (Lipinski definition) is 5. The third kappa shape index (κ3) is 4.42. The fraction of sp³-hybridized carbons (Fsp3) is 0.462. The van der Waals surface area contributed by atoms with E-state index in [-0.39, 0.29) is 17.4 Å². The highest BCUT2D eigenvalue weighted by molar-refractivity contribution is 5.93. The molecular weight excluding hydrogens is 262 g/mol. The van der Waals surface area contributed by atoms with Gasteiger partial charge in [0.05, 0.1) is 7.11 Å². The number of carbonyl (C=O) groups excluding carboxylic acids is 2. The summed E-state index contributed by atoms with van der Waals surface area (Å²) in [5.74, 6) is 0.103. The molecule has 0 aliphatic rings. The van der Waals surface area contributed by atoms with Crippen LogP contribution in [-0.2, 0) is 4.74 Å². The van der Waals surface area contributed by atoms with Gasteiger partial charge in [0, 0.05) is 7.05 Å². The maximum Gasteiger partial charge on any atom is 0.413 e. The lowest BCUT2D eigenvalue weighted by molar-refractivity contribution is 0.0634. The van der Waals surface area contributed by atoms with Gasteiger partial charge in [0.15, 0.2) is 11.6 Å². The molecular formula is C13H19N3O4. The zero-order chi connectivity index (χ0) is 15.3. The first kappa shape index (κ1) is 15.7. The van der Waals surface area contributed by atoms with E-state index in [1.54, 1.807) is 26.8 Å². The maximum atomic E-state index is 11.7. The van der Waals surface area contributed by atoms with E-state index in [0.717, 1.165) is 0 Å². The van der Waals surface area contributed by atoms with Gasteiger partial charge in [0.25, 0.3) is 5.91 Å². The summed E-state index contributed by atoms with van der Waals surface area (Å²) in [5, 5.41) is 4.91. The van der Waals surface area contributed by atoms with Crippen molar-refractivity contribution in [3.05, 3.63) is 17.8 Å². The van der Waals surface area contributed by atoms with Gasteiger partial charge < -0.3 is 14.8 Å². The van der Waals surface area contributed by atoms with Crippen LogP contribution in [0.15, 0.2) is 12.1 Å². The van der Waals surface area contributed by atoms with Crippen LogP contribution in [0.4, 0.5) is 10.6 Å². The summed E-state index contributed by atoms with van der Waals surface area (Å²) in [7, 11) is 2.94. The van der Waals surface area contributed by atoms with Crippen molar-refractivity contribution >= 4 is 17.8 Å². The Labute approximate surface area is 117 Å². The molecule has 0 aliphatic heterocycles. The van der Waals surface area contributed by atoms with E-state index in [4.69, 9.17) is 9.47 Å². The van der Waals surface area contributed by atoms with Crippen molar-refractivity contribution in [1.29, 1.82) is 0 Å². The summed E-state index contributed by atoms with van der Waals surface area (Å²) in [5.41, 5.74) is -0.463. The molecule has 1 aromatic rings. The Hall–Kier alpha value is -2.31. The van der Waals surface area contributed by atoms with Crippen LogP contribution in [0.1, 0.15) is 31.3 Å². The first-order chi connectivity index (χ1) is 9.26. The van der Waals surface area contributed by atoms with Gasteiger partial charge in [-0.2, -0.15) is 0 Å². The molecule has 0 spiro atoms. The molecule has 0 saturated heterocycles. The molecule has 1 rings (SSSR count). The largest absolute Gasteiger partial charge is 0.493 e. The number of rotatable bonds is 3. The van der Waals surface area contributed by atoms with Crippen LogP contribution in [0.25, 0.3) is 0 Å². The molecule has 20 heavy (non-hydrogen) atoms. The van der Waals surface area contributed by atoms with Crippen LogP contribution in [0, 0.1) is 0 Å². The van der Waals surface area contributed by atoms with E-state index in [2.05, 4.69) is 15.6 Å². The Morgan fingerprint density at radius 3 is 2.40 bits per heavy atom. The minimum atomic E-state index is -0.669. The van der Waals surface area contributed by atoms with Crippen molar-refractivity contribution in [3.63, 3.8) is 0 Å². The molecule has 0 atom stereocenters. The van der Waals surface area contributed by atoms with Gasteiger partial charge in [0.1, 0.15) is 11.3 Å².